The van der Waals surface area contributed by atoms with Gasteiger partial charge in [-0.2, -0.15) is 11.8 Å². The molecule has 4 aliphatic rings. The maximum absolute atomic E-state index is 12.6. The third-order valence-corrected chi connectivity index (χ3v) is 8.60. The van der Waals surface area contributed by atoms with Crippen molar-refractivity contribution in [3.8, 4) is 0 Å². The summed E-state index contributed by atoms with van der Waals surface area (Å²) in [5.74, 6) is -0.506. The summed E-state index contributed by atoms with van der Waals surface area (Å²) in [7, 11) is 0. The molecule has 3 heterocycles. The molecule has 0 spiro atoms. The van der Waals surface area contributed by atoms with E-state index < -0.39 is 18.0 Å². The zero-order valence-electron chi connectivity index (χ0n) is 16.7. The van der Waals surface area contributed by atoms with Gasteiger partial charge in [-0.3, -0.25) is 10.2 Å². The maximum Gasteiger partial charge on any atom is 0.352 e. The third kappa shape index (κ3) is 3.42. The first-order valence-electron chi connectivity index (χ1n) is 10.5. The highest BCUT2D eigenvalue weighted by Gasteiger charge is 2.62. The zero-order valence-corrected chi connectivity index (χ0v) is 17.5. The summed E-state index contributed by atoms with van der Waals surface area (Å²) in [4.78, 5) is 28.0. The van der Waals surface area contributed by atoms with Crippen LogP contribution >= 0.6 is 11.8 Å². The van der Waals surface area contributed by atoms with Gasteiger partial charge in [-0.15, -0.1) is 0 Å². The van der Waals surface area contributed by atoms with Gasteiger partial charge >= 0.3 is 5.97 Å². The smallest absolute Gasteiger partial charge is 0.352 e. The number of aliphatic hydroxyl groups is 1. The van der Waals surface area contributed by atoms with Crippen molar-refractivity contribution in [2.24, 2.45) is 23.5 Å². The number of fused-ring (bicyclic) bond motifs is 3. The number of carboxylic acids is 1. The second kappa shape index (κ2) is 7.83. The van der Waals surface area contributed by atoms with Gasteiger partial charge in [0.15, 0.2) is 5.96 Å². The number of guanidine groups is 1. The number of likely N-dealkylation sites (tertiary alicyclic amines) is 1. The Hall–Kier alpha value is -1.74. The molecule has 0 unspecified atom stereocenters. The van der Waals surface area contributed by atoms with Gasteiger partial charge in [-0.05, 0) is 44.1 Å². The average Bonchev–Trinajstić information content (AvgIpc) is 2.97. The third-order valence-electron chi connectivity index (χ3n) is 7.06. The molecule has 0 radical (unpaired) electrons. The maximum atomic E-state index is 12.6. The second-order valence-corrected chi connectivity index (χ2v) is 10.0. The lowest BCUT2D eigenvalue weighted by atomic mass is 9.70. The number of hydrogen-bond donors (Lipinski definition) is 4. The van der Waals surface area contributed by atoms with E-state index in [2.05, 4.69) is 0 Å². The number of carboxylic acid groups (broad SMARTS) is 1. The highest BCUT2D eigenvalue weighted by atomic mass is 32.2. The lowest BCUT2D eigenvalue weighted by molar-refractivity contribution is -0.163. The van der Waals surface area contributed by atoms with Gasteiger partial charge < -0.3 is 25.7 Å². The molecule has 0 aromatic rings. The van der Waals surface area contributed by atoms with Crippen LogP contribution in [0.4, 0.5) is 0 Å². The largest absolute Gasteiger partial charge is 0.477 e. The number of hydrogen-bond acceptors (Lipinski definition) is 5. The summed E-state index contributed by atoms with van der Waals surface area (Å²) >= 11 is 1.89. The van der Waals surface area contributed by atoms with Crippen molar-refractivity contribution >= 4 is 29.6 Å². The first kappa shape index (κ1) is 20.5. The van der Waals surface area contributed by atoms with Crippen molar-refractivity contribution in [2.45, 2.75) is 56.4 Å². The molecule has 4 rings (SSSR count). The van der Waals surface area contributed by atoms with E-state index in [1.807, 2.05) is 16.7 Å². The molecule has 1 saturated carbocycles. The molecular weight excluding hydrogens is 392 g/mol. The lowest BCUT2D eigenvalue weighted by Crippen LogP contribution is -2.64. The number of aliphatic carboxylic acids is 1. The van der Waals surface area contributed by atoms with Gasteiger partial charge in [0.05, 0.1) is 18.1 Å². The minimum atomic E-state index is -1.02. The number of nitrogens with one attached hydrogen (secondary N) is 1. The Bertz CT molecular complexity index is 747. The van der Waals surface area contributed by atoms with Crippen molar-refractivity contribution in [3.63, 3.8) is 0 Å². The molecule has 3 aliphatic heterocycles. The Morgan fingerprint density at radius 3 is 2.59 bits per heavy atom. The van der Waals surface area contributed by atoms with Crippen molar-refractivity contribution in [1.82, 2.24) is 9.80 Å². The molecule has 29 heavy (non-hydrogen) atoms. The molecule has 3 fully saturated rings. The second-order valence-electron chi connectivity index (χ2n) is 8.71. The average molecular weight is 423 g/mol. The Balaban J connectivity index is 1.48. The van der Waals surface area contributed by atoms with Gasteiger partial charge in [-0.1, -0.05) is 6.42 Å². The molecule has 1 amide bonds. The molecule has 0 bridgehead atoms. The Labute approximate surface area is 175 Å². The molecule has 8 nitrogen and oxygen atoms in total. The molecule has 160 valence electrons. The number of carbonyl (C=O) groups excluding carboxylic acids is 1. The number of carbonyl (C=O) groups is 2. The quantitative estimate of drug-likeness (QED) is 0.296. The van der Waals surface area contributed by atoms with Crippen LogP contribution in [-0.4, -0.2) is 74.1 Å². The van der Waals surface area contributed by atoms with E-state index in [0.717, 1.165) is 56.5 Å². The van der Waals surface area contributed by atoms with Gasteiger partial charge in [0.25, 0.3) is 0 Å². The summed E-state index contributed by atoms with van der Waals surface area (Å²) in [6.07, 6.45) is 4.07. The summed E-state index contributed by atoms with van der Waals surface area (Å²) < 4.78 is 0. The van der Waals surface area contributed by atoms with Crippen LogP contribution in [0.5, 0.6) is 0 Å². The monoisotopic (exact) mass is 422 g/mol. The van der Waals surface area contributed by atoms with Crippen LogP contribution in [-0.2, 0) is 9.59 Å². The van der Waals surface area contributed by atoms with Gasteiger partial charge in [0.1, 0.15) is 5.70 Å². The van der Waals surface area contributed by atoms with E-state index in [1.165, 1.54) is 4.90 Å². The lowest BCUT2D eigenvalue weighted by Gasteiger charge is -2.47. The fraction of sp³-hybridized carbons (Fsp3) is 0.750. The Morgan fingerprint density at radius 2 is 2.00 bits per heavy atom. The number of aliphatic hydroxyl groups excluding tert-OH is 1. The van der Waals surface area contributed by atoms with Crippen molar-refractivity contribution in [3.05, 3.63) is 11.3 Å². The number of piperidine rings is 1. The van der Waals surface area contributed by atoms with E-state index in [0.29, 0.717) is 5.25 Å². The summed E-state index contributed by atoms with van der Waals surface area (Å²) in [5, 5.41) is 28.0. The molecule has 5 N–H and O–H groups in total. The minimum absolute atomic E-state index is 0.0670. The summed E-state index contributed by atoms with van der Waals surface area (Å²) in [6.45, 7) is 3.22. The molecular formula is C20H30N4O4S. The predicted octanol–water partition coefficient (Wildman–Crippen LogP) is 1.05. The van der Waals surface area contributed by atoms with E-state index in [1.54, 1.807) is 6.92 Å². The first-order valence-corrected chi connectivity index (χ1v) is 11.5. The van der Waals surface area contributed by atoms with E-state index in [4.69, 9.17) is 11.1 Å². The van der Waals surface area contributed by atoms with Crippen molar-refractivity contribution < 1.29 is 19.8 Å². The molecule has 5 atom stereocenters. The van der Waals surface area contributed by atoms with Crippen molar-refractivity contribution in [2.75, 3.05) is 18.8 Å². The molecule has 0 aromatic heterocycles. The predicted molar refractivity (Wildman–Crippen MR) is 110 cm³/mol. The van der Waals surface area contributed by atoms with Crippen LogP contribution in [0.1, 0.15) is 39.0 Å². The van der Waals surface area contributed by atoms with Crippen LogP contribution in [0.2, 0.25) is 0 Å². The number of β-lactam (4-membered cyclic amide) rings is 1. The van der Waals surface area contributed by atoms with E-state index >= 15 is 0 Å². The van der Waals surface area contributed by atoms with Gasteiger partial charge in [-0.25, -0.2) is 4.79 Å². The standard InChI is InChI=1S/C20H30N4O4S/c1-10(25)14-16-13-4-2-3-11(15(13)17(19(27)28)24(16)18(14)26)9-29-12-5-7-23(8-6-12)20(21)22/h10-14,16,25H,2-9H2,1H3,(H3,21,22)(H,27,28)/t10-,11+,13+,14-,16-/m1/s1. The van der Waals surface area contributed by atoms with Crippen LogP contribution in [0.3, 0.4) is 0 Å². The van der Waals surface area contributed by atoms with Gasteiger partial charge in [0, 0.05) is 30.0 Å². The van der Waals surface area contributed by atoms with Crippen LogP contribution < -0.4 is 5.73 Å². The normalized spacial score (nSPS) is 33.2. The number of nitrogens with two attached hydrogens (primary N) is 1. The highest BCUT2D eigenvalue weighted by molar-refractivity contribution is 7.99. The fourth-order valence-corrected chi connectivity index (χ4v) is 7.08. The first-order chi connectivity index (χ1) is 13.8. The summed E-state index contributed by atoms with van der Waals surface area (Å²) in [5.41, 5.74) is 6.71. The molecule has 1 aliphatic carbocycles. The van der Waals surface area contributed by atoms with E-state index in [-0.39, 0.29) is 35.4 Å². The molecule has 9 heteroatoms. The van der Waals surface area contributed by atoms with Crippen LogP contribution in [0, 0.1) is 23.2 Å². The summed E-state index contributed by atoms with van der Waals surface area (Å²) in [6, 6.07) is -0.185. The van der Waals surface area contributed by atoms with Gasteiger partial charge in [0.2, 0.25) is 5.91 Å². The topological polar surface area (TPSA) is 131 Å². The Morgan fingerprint density at radius 1 is 1.31 bits per heavy atom. The van der Waals surface area contributed by atoms with Crippen molar-refractivity contribution in [1.29, 1.82) is 5.41 Å². The van der Waals surface area contributed by atoms with Crippen LogP contribution in [0.25, 0.3) is 0 Å². The number of nitrogens with zero attached hydrogens (tertiary/aromatic N) is 2. The zero-order chi connectivity index (χ0) is 20.9. The molecule has 0 aromatic carbocycles. The SMILES string of the molecule is C[C@@H](O)[C@H]1C(=O)N2C(C(=O)O)=C3[C@H](CSC4CCN(C(=N)N)CC4)CCC[C@@H]3[C@H]12. The Kier molecular flexibility index (Phi) is 5.54. The number of amides is 1. The number of rotatable bonds is 5. The molecule has 2 saturated heterocycles. The minimum Gasteiger partial charge on any atom is -0.477 e. The van der Waals surface area contributed by atoms with Crippen LogP contribution in [0.15, 0.2) is 11.3 Å². The van der Waals surface area contributed by atoms with E-state index in [9.17, 15) is 19.8 Å². The number of thioether (sulfide) groups is 1. The fourth-order valence-electron chi connectivity index (χ4n) is 5.69. The highest BCUT2D eigenvalue weighted by Crippen LogP contribution is 2.54.